The van der Waals surface area contributed by atoms with Crippen LogP contribution in [0, 0.1) is 0 Å². The maximum atomic E-state index is 11.7. The highest BCUT2D eigenvalue weighted by molar-refractivity contribution is 7.80. The molecule has 4 heteroatoms. The largest absolute Gasteiger partial charge is 0.328 e. The van der Waals surface area contributed by atoms with E-state index in [4.69, 9.17) is 12.2 Å². The molecule has 0 unspecified atom stereocenters. The lowest BCUT2D eigenvalue weighted by Crippen LogP contribution is -2.30. The second-order valence-electron chi connectivity index (χ2n) is 3.04. The van der Waals surface area contributed by atoms with Gasteiger partial charge in [-0.25, -0.2) is 0 Å². The molecular formula is C10H14N2OS. The van der Waals surface area contributed by atoms with E-state index in [1.807, 2.05) is 6.08 Å². The summed E-state index contributed by atoms with van der Waals surface area (Å²) in [6.07, 6.45) is 5.46. The summed E-state index contributed by atoms with van der Waals surface area (Å²) in [5, 5.41) is 3.36. The number of allylic oxidation sites excluding steroid dienone is 1. The fraction of sp³-hybridized carbons (Fsp3) is 0.400. The minimum atomic E-state index is -0.0525. The van der Waals surface area contributed by atoms with Crippen molar-refractivity contribution in [2.24, 2.45) is 0 Å². The van der Waals surface area contributed by atoms with E-state index in [1.54, 1.807) is 6.08 Å². The number of rotatable bonds is 4. The van der Waals surface area contributed by atoms with Gasteiger partial charge in [-0.2, -0.15) is 0 Å². The number of amides is 1. The van der Waals surface area contributed by atoms with Crippen LogP contribution < -0.4 is 5.32 Å². The Kier molecular flexibility index (Phi) is 3.83. The molecule has 1 aliphatic rings. The SMILES string of the molecule is C=CCN1C(=O)C(=CCCC)NC1=S. The van der Waals surface area contributed by atoms with Gasteiger partial charge >= 0.3 is 0 Å². The molecule has 0 atom stereocenters. The fourth-order valence-corrected chi connectivity index (χ4v) is 1.46. The van der Waals surface area contributed by atoms with Crippen molar-refractivity contribution in [2.45, 2.75) is 19.8 Å². The van der Waals surface area contributed by atoms with E-state index in [1.165, 1.54) is 4.90 Å². The van der Waals surface area contributed by atoms with Crippen LogP contribution in [0.15, 0.2) is 24.4 Å². The number of carbonyl (C=O) groups is 1. The van der Waals surface area contributed by atoms with Crippen molar-refractivity contribution >= 4 is 23.2 Å². The molecule has 3 nitrogen and oxygen atoms in total. The Morgan fingerprint density at radius 1 is 1.64 bits per heavy atom. The zero-order chi connectivity index (χ0) is 10.6. The quantitative estimate of drug-likeness (QED) is 0.434. The zero-order valence-corrected chi connectivity index (χ0v) is 9.06. The maximum Gasteiger partial charge on any atom is 0.276 e. The van der Waals surface area contributed by atoms with Crippen molar-refractivity contribution in [3.8, 4) is 0 Å². The van der Waals surface area contributed by atoms with Gasteiger partial charge in [0, 0.05) is 6.54 Å². The summed E-state index contributed by atoms with van der Waals surface area (Å²) in [6.45, 7) is 6.11. The lowest BCUT2D eigenvalue weighted by Gasteiger charge is -2.09. The van der Waals surface area contributed by atoms with Crippen LogP contribution in [0.25, 0.3) is 0 Å². The van der Waals surface area contributed by atoms with Crippen LogP contribution in [-0.2, 0) is 4.79 Å². The molecule has 1 fully saturated rings. The van der Waals surface area contributed by atoms with Crippen molar-refractivity contribution in [3.05, 3.63) is 24.4 Å². The van der Waals surface area contributed by atoms with E-state index in [2.05, 4.69) is 18.8 Å². The summed E-state index contributed by atoms with van der Waals surface area (Å²) in [4.78, 5) is 13.2. The minimum absolute atomic E-state index is 0.0525. The zero-order valence-electron chi connectivity index (χ0n) is 8.25. The normalized spacial score (nSPS) is 18.9. The molecule has 1 amide bonds. The molecule has 1 rings (SSSR count). The molecule has 0 saturated carbocycles. The van der Waals surface area contributed by atoms with E-state index in [-0.39, 0.29) is 5.91 Å². The average Bonchev–Trinajstić information content (AvgIpc) is 2.43. The number of nitrogens with one attached hydrogen (secondary N) is 1. The van der Waals surface area contributed by atoms with Crippen LogP contribution in [-0.4, -0.2) is 22.5 Å². The monoisotopic (exact) mass is 210 g/mol. The van der Waals surface area contributed by atoms with E-state index >= 15 is 0 Å². The van der Waals surface area contributed by atoms with Crippen molar-refractivity contribution in [1.82, 2.24) is 10.2 Å². The highest BCUT2D eigenvalue weighted by Crippen LogP contribution is 2.10. The van der Waals surface area contributed by atoms with E-state index < -0.39 is 0 Å². The fourth-order valence-electron chi connectivity index (χ4n) is 1.20. The summed E-state index contributed by atoms with van der Waals surface area (Å²) in [5.74, 6) is -0.0525. The molecule has 0 aromatic heterocycles. The summed E-state index contributed by atoms with van der Waals surface area (Å²) >= 11 is 5.02. The Morgan fingerprint density at radius 3 is 2.93 bits per heavy atom. The van der Waals surface area contributed by atoms with Gasteiger partial charge in [-0.1, -0.05) is 25.5 Å². The van der Waals surface area contributed by atoms with Gasteiger partial charge in [0.05, 0.1) is 0 Å². The Morgan fingerprint density at radius 2 is 2.36 bits per heavy atom. The first-order chi connectivity index (χ1) is 6.70. The molecule has 76 valence electrons. The summed E-state index contributed by atoms with van der Waals surface area (Å²) in [5.41, 5.74) is 0.596. The molecule has 0 aromatic rings. The van der Waals surface area contributed by atoms with Crippen LogP contribution in [0.2, 0.25) is 0 Å². The van der Waals surface area contributed by atoms with Crippen molar-refractivity contribution in [2.75, 3.05) is 6.54 Å². The molecule has 1 N–H and O–H groups in total. The van der Waals surface area contributed by atoms with Crippen LogP contribution in [0.1, 0.15) is 19.8 Å². The molecule has 0 aromatic carbocycles. The molecule has 1 aliphatic heterocycles. The first kappa shape index (κ1) is 10.9. The first-order valence-corrected chi connectivity index (χ1v) is 5.05. The lowest BCUT2D eigenvalue weighted by atomic mass is 10.3. The highest BCUT2D eigenvalue weighted by atomic mass is 32.1. The Hall–Kier alpha value is -1.16. The number of unbranched alkanes of at least 4 members (excludes halogenated alkanes) is 1. The predicted molar refractivity (Wildman–Crippen MR) is 60.6 cm³/mol. The van der Waals surface area contributed by atoms with Crippen LogP contribution in [0.3, 0.4) is 0 Å². The molecule has 0 spiro atoms. The molecule has 0 aliphatic carbocycles. The third kappa shape index (κ3) is 2.20. The van der Waals surface area contributed by atoms with Gasteiger partial charge in [0.25, 0.3) is 5.91 Å². The second-order valence-corrected chi connectivity index (χ2v) is 3.43. The number of carbonyl (C=O) groups excluding carboxylic acids is 1. The predicted octanol–water partition coefficient (Wildman–Crippen LogP) is 1.57. The Bertz CT molecular complexity index is 296. The number of thiocarbonyl (C=S) groups is 1. The summed E-state index contributed by atoms with van der Waals surface area (Å²) in [7, 11) is 0. The smallest absolute Gasteiger partial charge is 0.276 e. The van der Waals surface area contributed by atoms with Gasteiger partial charge in [0.2, 0.25) is 0 Å². The maximum absolute atomic E-state index is 11.7. The van der Waals surface area contributed by atoms with Crippen LogP contribution >= 0.6 is 12.2 Å². The molecule has 1 heterocycles. The average molecular weight is 210 g/mol. The number of nitrogens with zero attached hydrogens (tertiary/aromatic N) is 1. The third-order valence-electron chi connectivity index (χ3n) is 1.91. The van der Waals surface area contributed by atoms with Gasteiger partial charge in [0.1, 0.15) is 5.70 Å². The Labute approximate surface area is 89.5 Å². The van der Waals surface area contributed by atoms with Crippen LogP contribution in [0.5, 0.6) is 0 Å². The first-order valence-electron chi connectivity index (χ1n) is 4.64. The van der Waals surface area contributed by atoms with Crippen molar-refractivity contribution < 1.29 is 4.79 Å². The molecular weight excluding hydrogens is 196 g/mol. The second kappa shape index (κ2) is 4.91. The van der Waals surface area contributed by atoms with Gasteiger partial charge in [0.15, 0.2) is 5.11 Å². The Balaban J connectivity index is 2.73. The molecule has 14 heavy (non-hydrogen) atoms. The number of hydrogen-bond donors (Lipinski definition) is 1. The number of hydrogen-bond acceptors (Lipinski definition) is 2. The van der Waals surface area contributed by atoms with Crippen molar-refractivity contribution in [1.29, 1.82) is 0 Å². The summed E-state index contributed by atoms with van der Waals surface area (Å²) < 4.78 is 0. The van der Waals surface area contributed by atoms with Gasteiger partial charge in [-0.15, -0.1) is 6.58 Å². The summed E-state index contributed by atoms with van der Waals surface area (Å²) in [6, 6.07) is 0. The van der Waals surface area contributed by atoms with Gasteiger partial charge < -0.3 is 5.32 Å². The topological polar surface area (TPSA) is 32.3 Å². The molecule has 0 radical (unpaired) electrons. The third-order valence-corrected chi connectivity index (χ3v) is 2.23. The van der Waals surface area contributed by atoms with Gasteiger partial charge in [-0.05, 0) is 18.6 Å². The van der Waals surface area contributed by atoms with Crippen LogP contribution in [0.4, 0.5) is 0 Å². The van der Waals surface area contributed by atoms with Gasteiger partial charge in [-0.3, -0.25) is 9.69 Å². The van der Waals surface area contributed by atoms with Crippen molar-refractivity contribution in [3.63, 3.8) is 0 Å². The molecule has 0 bridgehead atoms. The highest BCUT2D eigenvalue weighted by Gasteiger charge is 2.28. The van der Waals surface area contributed by atoms with E-state index in [0.29, 0.717) is 17.4 Å². The van der Waals surface area contributed by atoms with E-state index in [0.717, 1.165) is 12.8 Å². The molecule has 1 saturated heterocycles. The standard InChI is InChI=1S/C10H14N2OS/c1-3-5-6-8-9(13)12(7-4-2)10(14)11-8/h4,6H,2-3,5,7H2,1H3,(H,11,14). The lowest BCUT2D eigenvalue weighted by molar-refractivity contribution is -0.122. The van der Waals surface area contributed by atoms with E-state index in [9.17, 15) is 4.79 Å². The minimum Gasteiger partial charge on any atom is -0.328 e.